The van der Waals surface area contributed by atoms with Gasteiger partial charge in [-0.15, -0.1) is 0 Å². The normalized spacial score (nSPS) is 14.7. The lowest BCUT2D eigenvalue weighted by Gasteiger charge is -2.32. The minimum Gasteiger partial charge on any atom is -0.478 e. The number of nitrogens with zero attached hydrogens (tertiary/aromatic N) is 1. The fourth-order valence-electron chi connectivity index (χ4n) is 3.52. The number of amides is 2. The molecular weight excluding hydrogens is 344 g/mol. The summed E-state index contributed by atoms with van der Waals surface area (Å²) < 4.78 is 0. The zero-order valence-corrected chi connectivity index (χ0v) is 14.9. The first kappa shape index (κ1) is 18.6. The Kier molecular flexibility index (Phi) is 5.54. The predicted molar refractivity (Wildman–Crippen MR) is 101 cm³/mol. The molecule has 1 saturated heterocycles. The third kappa shape index (κ3) is 4.34. The fraction of sp³-hybridized carbons (Fsp3) is 0.286. The molecule has 0 bridgehead atoms. The summed E-state index contributed by atoms with van der Waals surface area (Å²) in [5.74, 6) is -1.13. The van der Waals surface area contributed by atoms with Crippen LogP contribution in [0.15, 0.2) is 48.5 Å². The lowest BCUT2D eigenvalue weighted by molar-refractivity contribution is 0.0690. The molecule has 0 aliphatic carbocycles. The van der Waals surface area contributed by atoms with Crippen LogP contribution in [0, 0.1) is 5.92 Å². The molecule has 2 aromatic rings. The smallest absolute Gasteiger partial charge is 0.335 e. The van der Waals surface area contributed by atoms with Gasteiger partial charge in [-0.3, -0.25) is 9.59 Å². The number of likely N-dealkylation sites (tertiary alicyclic amines) is 1. The van der Waals surface area contributed by atoms with E-state index in [-0.39, 0.29) is 5.91 Å². The number of carboxylic acid groups (broad SMARTS) is 1. The number of piperidine rings is 1. The lowest BCUT2D eigenvalue weighted by Crippen LogP contribution is -2.39. The maximum Gasteiger partial charge on any atom is 0.335 e. The van der Waals surface area contributed by atoms with Crippen LogP contribution in [0.5, 0.6) is 0 Å². The van der Waals surface area contributed by atoms with Crippen LogP contribution in [0.2, 0.25) is 0 Å². The van der Waals surface area contributed by atoms with Crippen molar-refractivity contribution >= 4 is 17.8 Å². The first-order chi connectivity index (χ1) is 13.0. The van der Waals surface area contributed by atoms with Crippen LogP contribution in [0.25, 0.3) is 0 Å². The van der Waals surface area contributed by atoms with Crippen molar-refractivity contribution in [2.75, 3.05) is 13.1 Å². The molecule has 0 atom stereocenters. The molecule has 27 heavy (non-hydrogen) atoms. The van der Waals surface area contributed by atoms with E-state index in [1.165, 1.54) is 0 Å². The van der Waals surface area contributed by atoms with E-state index >= 15 is 0 Å². The highest BCUT2D eigenvalue weighted by molar-refractivity contribution is 5.97. The van der Waals surface area contributed by atoms with Crippen molar-refractivity contribution in [3.05, 3.63) is 70.8 Å². The van der Waals surface area contributed by atoms with Crippen LogP contribution in [0.3, 0.4) is 0 Å². The lowest BCUT2D eigenvalue weighted by atomic mass is 9.88. The minimum absolute atomic E-state index is 0.0598. The number of benzene rings is 2. The van der Waals surface area contributed by atoms with Gasteiger partial charge in [-0.2, -0.15) is 0 Å². The molecule has 1 aliphatic rings. The Morgan fingerprint density at radius 3 is 2.15 bits per heavy atom. The average molecular weight is 366 g/mol. The van der Waals surface area contributed by atoms with Crippen LogP contribution in [0.4, 0.5) is 0 Å². The highest BCUT2D eigenvalue weighted by atomic mass is 16.4. The second-order valence-corrected chi connectivity index (χ2v) is 6.84. The van der Waals surface area contributed by atoms with E-state index in [1.54, 1.807) is 41.3 Å². The van der Waals surface area contributed by atoms with Crippen molar-refractivity contribution in [1.29, 1.82) is 0 Å². The SMILES string of the molecule is NC(=O)c1ccc(C(=O)N2CCC(Cc3ccccc3C(=O)O)CC2)cc1. The molecule has 2 aromatic carbocycles. The molecule has 3 rings (SSSR count). The van der Waals surface area contributed by atoms with Crippen molar-refractivity contribution in [3.63, 3.8) is 0 Å². The van der Waals surface area contributed by atoms with E-state index < -0.39 is 11.9 Å². The van der Waals surface area contributed by atoms with Crippen LogP contribution in [0.1, 0.15) is 49.5 Å². The second kappa shape index (κ2) is 8.03. The van der Waals surface area contributed by atoms with Gasteiger partial charge in [0.05, 0.1) is 5.56 Å². The standard InChI is InChI=1S/C21H22N2O4/c22-19(24)15-5-7-16(8-6-15)20(25)23-11-9-14(10-12-23)13-17-3-1-2-4-18(17)21(26)27/h1-8,14H,9-13H2,(H2,22,24)(H,26,27). The topological polar surface area (TPSA) is 101 Å². The monoisotopic (exact) mass is 366 g/mol. The molecule has 0 aromatic heterocycles. The summed E-state index contributed by atoms with van der Waals surface area (Å²) in [7, 11) is 0. The van der Waals surface area contributed by atoms with Crippen LogP contribution >= 0.6 is 0 Å². The van der Waals surface area contributed by atoms with E-state index in [9.17, 15) is 19.5 Å². The Hall–Kier alpha value is -3.15. The van der Waals surface area contributed by atoms with Crippen molar-refractivity contribution < 1.29 is 19.5 Å². The van der Waals surface area contributed by atoms with Gasteiger partial charge in [-0.1, -0.05) is 18.2 Å². The van der Waals surface area contributed by atoms with Gasteiger partial charge in [0.15, 0.2) is 0 Å². The third-order valence-electron chi connectivity index (χ3n) is 5.07. The highest BCUT2D eigenvalue weighted by Crippen LogP contribution is 2.24. The molecule has 0 unspecified atom stereocenters. The molecule has 1 heterocycles. The minimum atomic E-state index is -0.905. The van der Waals surface area contributed by atoms with Crippen LogP contribution in [-0.2, 0) is 6.42 Å². The van der Waals surface area contributed by atoms with E-state index in [1.807, 2.05) is 12.1 Å². The number of carboxylic acids is 1. The zero-order valence-electron chi connectivity index (χ0n) is 14.9. The van der Waals surface area contributed by atoms with E-state index in [2.05, 4.69) is 0 Å². The van der Waals surface area contributed by atoms with Gasteiger partial charge in [0.1, 0.15) is 0 Å². The number of carbonyl (C=O) groups excluding carboxylic acids is 2. The molecule has 3 N–H and O–H groups in total. The summed E-state index contributed by atoms with van der Waals surface area (Å²) in [5, 5.41) is 9.31. The van der Waals surface area contributed by atoms with E-state index in [4.69, 9.17) is 5.73 Å². The Morgan fingerprint density at radius 2 is 1.56 bits per heavy atom. The highest BCUT2D eigenvalue weighted by Gasteiger charge is 2.25. The largest absolute Gasteiger partial charge is 0.478 e. The summed E-state index contributed by atoms with van der Waals surface area (Å²) in [5.41, 5.74) is 7.33. The van der Waals surface area contributed by atoms with Gasteiger partial charge in [0.25, 0.3) is 5.91 Å². The zero-order chi connectivity index (χ0) is 19.4. The summed E-state index contributed by atoms with van der Waals surface area (Å²) in [6.45, 7) is 1.27. The molecule has 6 nitrogen and oxygen atoms in total. The second-order valence-electron chi connectivity index (χ2n) is 6.84. The molecule has 140 valence electrons. The summed E-state index contributed by atoms with van der Waals surface area (Å²) in [6, 6.07) is 13.5. The molecular formula is C21H22N2O4. The molecule has 1 fully saturated rings. The number of hydrogen-bond donors (Lipinski definition) is 2. The maximum absolute atomic E-state index is 12.6. The van der Waals surface area contributed by atoms with Gasteiger partial charge in [-0.25, -0.2) is 4.79 Å². The van der Waals surface area contributed by atoms with Gasteiger partial charge in [0.2, 0.25) is 5.91 Å². The Balaban J connectivity index is 1.59. The third-order valence-corrected chi connectivity index (χ3v) is 5.07. The Bertz CT molecular complexity index is 853. The van der Waals surface area contributed by atoms with Crippen molar-refractivity contribution in [1.82, 2.24) is 4.90 Å². The number of rotatable bonds is 5. The number of carbonyl (C=O) groups is 3. The number of aromatic carboxylic acids is 1. The van der Waals surface area contributed by atoms with E-state index in [0.717, 1.165) is 18.4 Å². The molecule has 0 radical (unpaired) electrons. The Morgan fingerprint density at radius 1 is 0.963 bits per heavy atom. The van der Waals surface area contributed by atoms with Gasteiger partial charge in [0, 0.05) is 24.2 Å². The van der Waals surface area contributed by atoms with Gasteiger partial charge < -0.3 is 15.7 Å². The van der Waals surface area contributed by atoms with E-state index in [0.29, 0.717) is 42.1 Å². The Labute approximate surface area is 157 Å². The fourth-order valence-corrected chi connectivity index (χ4v) is 3.52. The first-order valence-corrected chi connectivity index (χ1v) is 8.96. The number of primary amides is 1. The van der Waals surface area contributed by atoms with Gasteiger partial charge >= 0.3 is 5.97 Å². The summed E-state index contributed by atoms with van der Waals surface area (Å²) in [4.78, 5) is 36.9. The number of nitrogens with two attached hydrogens (primary N) is 1. The maximum atomic E-state index is 12.6. The summed E-state index contributed by atoms with van der Waals surface area (Å²) in [6.07, 6.45) is 2.37. The molecule has 0 saturated carbocycles. The van der Waals surface area contributed by atoms with Crippen LogP contribution < -0.4 is 5.73 Å². The van der Waals surface area contributed by atoms with Crippen molar-refractivity contribution in [3.8, 4) is 0 Å². The molecule has 6 heteroatoms. The predicted octanol–water partition coefficient (Wildman–Crippen LogP) is 2.58. The molecule has 2 amide bonds. The number of hydrogen-bond acceptors (Lipinski definition) is 3. The summed E-state index contributed by atoms with van der Waals surface area (Å²) >= 11 is 0. The van der Waals surface area contributed by atoms with Crippen molar-refractivity contribution in [2.24, 2.45) is 11.7 Å². The first-order valence-electron chi connectivity index (χ1n) is 8.96. The van der Waals surface area contributed by atoms with Gasteiger partial charge in [-0.05, 0) is 61.1 Å². The van der Waals surface area contributed by atoms with Crippen LogP contribution in [-0.4, -0.2) is 40.9 Å². The quantitative estimate of drug-likeness (QED) is 0.849. The molecule has 1 aliphatic heterocycles. The molecule has 0 spiro atoms. The van der Waals surface area contributed by atoms with Crippen molar-refractivity contribution in [2.45, 2.75) is 19.3 Å². The average Bonchev–Trinajstić information content (AvgIpc) is 2.68.